The molecular weight excluding hydrogens is 222 g/mol. The molecule has 1 aliphatic rings. The molecule has 1 N–H and O–H groups in total. The maximum absolute atomic E-state index is 4.84. The van der Waals surface area contributed by atoms with Crippen LogP contribution in [0, 0.1) is 0 Å². The van der Waals surface area contributed by atoms with Crippen molar-refractivity contribution in [1.29, 1.82) is 0 Å². The molecule has 2 unspecified atom stereocenters. The monoisotopic (exact) mass is 249 g/mol. The zero-order valence-electron chi connectivity index (χ0n) is 12.1. The Bertz CT molecular complexity index is 370. The fourth-order valence-electron chi connectivity index (χ4n) is 3.13. The van der Waals surface area contributed by atoms with Gasteiger partial charge >= 0.3 is 0 Å². The number of nitrogens with one attached hydrogen (secondary N) is 1. The standard InChI is InChI=1S/C15H27N3/c1-4-12-11-13(5-2)18(17-12)15-10-8-6-7-9-14(15)16-3/h11,14-16H,4-10H2,1-3H3. The minimum atomic E-state index is 0.549. The molecule has 1 aliphatic carbocycles. The van der Waals surface area contributed by atoms with Gasteiger partial charge in [-0.15, -0.1) is 0 Å². The predicted molar refractivity (Wildman–Crippen MR) is 76.0 cm³/mol. The van der Waals surface area contributed by atoms with Crippen molar-refractivity contribution in [2.75, 3.05) is 7.05 Å². The van der Waals surface area contributed by atoms with Gasteiger partial charge in [-0.1, -0.05) is 33.1 Å². The van der Waals surface area contributed by atoms with Crippen molar-refractivity contribution < 1.29 is 0 Å². The van der Waals surface area contributed by atoms with E-state index in [2.05, 4.69) is 37.0 Å². The Morgan fingerprint density at radius 3 is 2.67 bits per heavy atom. The quantitative estimate of drug-likeness (QED) is 0.831. The van der Waals surface area contributed by atoms with Gasteiger partial charge in [0.2, 0.25) is 0 Å². The molecule has 0 bridgehead atoms. The second-order valence-electron chi connectivity index (χ2n) is 5.38. The minimum absolute atomic E-state index is 0.549. The molecular formula is C15H27N3. The normalized spacial score (nSPS) is 25.1. The van der Waals surface area contributed by atoms with E-state index in [1.165, 1.54) is 43.5 Å². The lowest BCUT2D eigenvalue weighted by Crippen LogP contribution is -2.35. The molecule has 18 heavy (non-hydrogen) atoms. The van der Waals surface area contributed by atoms with Crippen LogP contribution in [-0.4, -0.2) is 22.9 Å². The van der Waals surface area contributed by atoms with Gasteiger partial charge in [0, 0.05) is 11.7 Å². The van der Waals surface area contributed by atoms with Gasteiger partial charge in [0.25, 0.3) is 0 Å². The van der Waals surface area contributed by atoms with Crippen LogP contribution in [0.2, 0.25) is 0 Å². The van der Waals surface area contributed by atoms with Crippen LogP contribution in [0.1, 0.15) is 63.4 Å². The molecule has 2 rings (SSSR count). The number of aromatic nitrogens is 2. The van der Waals surface area contributed by atoms with Gasteiger partial charge < -0.3 is 5.32 Å². The lowest BCUT2D eigenvalue weighted by molar-refractivity contribution is 0.315. The molecule has 1 aromatic rings. The molecule has 0 saturated heterocycles. The van der Waals surface area contributed by atoms with Gasteiger partial charge in [-0.3, -0.25) is 4.68 Å². The average Bonchev–Trinajstić information content (AvgIpc) is 2.68. The molecule has 1 aromatic heterocycles. The molecule has 0 aromatic carbocycles. The summed E-state index contributed by atoms with van der Waals surface area (Å²) >= 11 is 0. The van der Waals surface area contributed by atoms with Crippen LogP contribution in [0.25, 0.3) is 0 Å². The zero-order chi connectivity index (χ0) is 13.0. The highest BCUT2D eigenvalue weighted by Gasteiger charge is 2.26. The summed E-state index contributed by atoms with van der Waals surface area (Å²) in [5.41, 5.74) is 2.64. The summed E-state index contributed by atoms with van der Waals surface area (Å²) in [5.74, 6) is 0. The first-order valence-corrected chi connectivity index (χ1v) is 7.54. The lowest BCUT2D eigenvalue weighted by atomic mass is 10.0. The molecule has 0 amide bonds. The summed E-state index contributed by atoms with van der Waals surface area (Å²) in [7, 11) is 2.10. The van der Waals surface area contributed by atoms with E-state index in [-0.39, 0.29) is 0 Å². The van der Waals surface area contributed by atoms with Crippen molar-refractivity contribution >= 4 is 0 Å². The van der Waals surface area contributed by atoms with Crippen LogP contribution in [-0.2, 0) is 12.8 Å². The van der Waals surface area contributed by atoms with Crippen molar-refractivity contribution in [1.82, 2.24) is 15.1 Å². The molecule has 0 spiro atoms. The van der Waals surface area contributed by atoms with E-state index < -0.39 is 0 Å². The molecule has 1 fully saturated rings. The lowest BCUT2D eigenvalue weighted by Gasteiger charge is -2.26. The highest BCUT2D eigenvalue weighted by atomic mass is 15.3. The summed E-state index contributed by atoms with van der Waals surface area (Å²) in [5, 5.41) is 8.35. The summed E-state index contributed by atoms with van der Waals surface area (Å²) < 4.78 is 2.32. The number of hydrogen-bond donors (Lipinski definition) is 1. The molecule has 0 aliphatic heterocycles. The van der Waals surface area contributed by atoms with E-state index in [1.807, 2.05) is 0 Å². The Hall–Kier alpha value is -0.830. The highest BCUT2D eigenvalue weighted by Crippen LogP contribution is 2.28. The Labute approximate surface area is 111 Å². The molecule has 102 valence electrons. The minimum Gasteiger partial charge on any atom is -0.315 e. The number of aryl methyl sites for hydroxylation is 2. The van der Waals surface area contributed by atoms with Crippen molar-refractivity contribution in [2.24, 2.45) is 0 Å². The van der Waals surface area contributed by atoms with Gasteiger partial charge in [0.1, 0.15) is 0 Å². The fourth-order valence-corrected chi connectivity index (χ4v) is 3.13. The first-order valence-electron chi connectivity index (χ1n) is 7.54. The molecule has 1 heterocycles. The summed E-state index contributed by atoms with van der Waals surface area (Å²) in [6.07, 6.45) is 8.74. The van der Waals surface area contributed by atoms with E-state index in [9.17, 15) is 0 Å². The number of rotatable bonds is 4. The number of nitrogens with zero attached hydrogens (tertiary/aromatic N) is 2. The third-order valence-corrected chi connectivity index (χ3v) is 4.25. The van der Waals surface area contributed by atoms with Gasteiger partial charge in [-0.05, 0) is 38.8 Å². The third kappa shape index (κ3) is 2.77. The van der Waals surface area contributed by atoms with Gasteiger partial charge in [-0.25, -0.2) is 0 Å². The fraction of sp³-hybridized carbons (Fsp3) is 0.800. The Morgan fingerprint density at radius 2 is 2.00 bits per heavy atom. The van der Waals surface area contributed by atoms with E-state index in [4.69, 9.17) is 5.10 Å². The van der Waals surface area contributed by atoms with Gasteiger partial charge in [0.15, 0.2) is 0 Å². The molecule has 3 heteroatoms. The summed E-state index contributed by atoms with van der Waals surface area (Å²) in [6, 6.07) is 3.42. The van der Waals surface area contributed by atoms with Crippen molar-refractivity contribution in [3.8, 4) is 0 Å². The van der Waals surface area contributed by atoms with Crippen molar-refractivity contribution in [3.63, 3.8) is 0 Å². The van der Waals surface area contributed by atoms with Crippen molar-refractivity contribution in [2.45, 2.75) is 70.9 Å². The average molecular weight is 249 g/mol. The first-order chi connectivity index (χ1) is 8.80. The van der Waals surface area contributed by atoms with Crippen molar-refractivity contribution in [3.05, 3.63) is 17.5 Å². The van der Waals surface area contributed by atoms with E-state index >= 15 is 0 Å². The second kappa shape index (κ2) is 6.37. The summed E-state index contributed by atoms with van der Waals surface area (Å²) in [4.78, 5) is 0. The van der Waals surface area contributed by atoms with Gasteiger partial charge in [-0.2, -0.15) is 5.10 Å². The van der Waals surface area contributed by atoms with Gasteiger partial charge in [0.05, 0.1) is 11.7 Å². The molecule has 0 radical (unpaired) electrons. The van der Waals surface area contributed by atoms with E-state index in [0.29, 0.717) is 12.1 Å². The number of likely N-dealkylation sites (N-methyl/N-ethyl adjacent to an activating group) is 1. The van der Waals surface area contributed by atoms with E-state index in [0.717, 1.165) is 12.8 Å². The molecule has 1 saturated carbocycles. The Balaban J connectivity index is 2.28. The topological polar surface area (TPSA) is 29.9 Å². The largest absolute Gasteiger partial charge is 0.315 e. The second-order valence-corrected chi connectivity index (χ2v) is 5.38. The van der Waals surface area contributed by atoms with Crippen LogP contribution < -0.4 is 5.32 Å². The third-order valence-electron chi connectivity index (χ3n) is 4.25. The van der Waals surface area contributed by atoms with Crippen LogP contribution in [0.5, 0.6) is 0 Å². The first kappa shape index (κ1) is 13.6. The Morgan fingerprint density at radius 1 is 1.22 bits per heavy atom. The smallest absolute Gasteiger partial charge is 0.0675 e. The summed E-state index contributed by atoms with van der Waals surface area (Å²) in [6.45, 7) is 4.42. The molecule has 3 nitrogen and oxygen atoms in total. The predicted octanol–water partition coefficient (Wildman–Crippen LogP) is 3.10. The maximum atomic E-state index is 4.84. The van der Waals surface area contributed by atoms with Crippen LogP contribution in [0.4, 0.5) is 0 Å². The van der Waals surface area contributed by atoms with Crippen LogP contribution >= 0.6 is 0 Å². The highest BCUT2D eigenvalue weighted by molar-refractivity contribution is 5.12. The van der Waals surface area contributed by atoms with Crippen LogP contribution in [0.3, 0.4) is 0 Å². The van der Waals surface area contributed by atoms with E-state index in [1.54, 1.807) is 0 Å². The SMILES string of the molecule is CCc1cc(CC)n(C2CCCCCC2NC)n1. The zero-order valence-corrected chi connectivity index (χ0v) is 12.1. The van der Waals surface area contributed by atoms with Crippen LogP contribution in [0.15, 0.2) is 6.07 Å². The number of hydrogen-bond acceptors (Lipinski definition) is 2. The Kier molecular flexibility index (Phi) is 4.81. The maximum Gasteiger partial charge on any atom is 0.0675 e. The molecule has 2 atom stereocenters.